The lowest BCUT2D eigenvalue weighted by Gasteiger charge is -2.29. The molecule has 0 unspecified atom stereocenters. The molecule has 2 atom stereocenters. The molecule has 0 spiro atoms. The van der Waals surface area contributed by atoms with Gasteiger partial charge in [-0.2, -0.15) is 0 Å². The molecule has 0 aromatic carbocycles. The van der Waals surface area contributed by atoms with Crippen molar-refractivity contribution in [3.8, 4) is 0 Å². The van der Waals surface area contributed by atoms with E-state index in [0.29, 0.717) is 19.1 Å². The monoisotopic (exact) mass is 186 g/mol. The van der Waals surface area contributed by atoms with Gasteiger partial charge in [0.2, 0.25) is 0 Å². The van der Waals surface area contributed by atoms with Crippen LogP contribution >= 0.6 is 0 Å². The van der Waals surface area contributed by atoms with E-state index in [2.05, 4.69) is 0 Å². The van der Waals surface area contributed by atoms with Gasteiger partial charge in [-0.25, -0.2) is 0 Å². The zero-order valence-corrected chi connectivity index (χ0v) is 8.54. The van der Waals surface area contributed by atoms with Gasteiger partial charge in [-0.05, 0) is 12.8 Å². The standard InChI is InChI=1S/C10H18O3/c1-4-8(7-11)10(13,6-3)9(12)5-2/h7-8,13H,4-6H2,1-3H3/t8-,10+/m0/s1. The lowest BCUT2D eigenvalue weighted by atomic mass is 9.80. The molecule has 0 aliphatic heterocycles. The van der Waals surface area contributed by atoms with E-state index >= 15 is 0 Å². The minimum Gasteiger partial charge on any atom is -0.381 e. The second-order valence-corrected chi connectivity index (χ2v) is 3.21. The summed E-state index contributed by atoms with van der Waals surface area (Å²) in [5.74, 6) is -0.807. The highest BCUT2D eigenvalue weighted by Gasteiger charge is 2.39. The van der Waals surface area contributed by atoms with Gasteiger partial charge in [0.05, 0.1) is 5.92 Å². The highest BCUT2D eigenvalue weighted by Crippen LogP contribution is 2.25. The maximum atomic E-state index is 11.4. The first kappa shape index (κ1) is 12.3. The summed E-state index contributed by atoms with van der Waals surface area (Å²) >= 11 is 0. The number of hydrogen-bond acceptors (Lipinski definition) is 3. The van der Waals surface area contributed by atoms with Crippen LogP contribution in [0.4, 0.5) is 0 Å². The lowest BCUT2D eigenvalue weighted by Crippen LogP contribution is -2.45. The van der Waals surface area contributed by atoms with Crippen molar-refractivity contribution >= 4 is 12.1 Å². The number of carbonyl (C=O) groups excluding carboxylic acids is 2. The second-order valence-electron chi connectivity index (χ2n) is 3.21. The van der Waals surface area contributed by atoms with Gasteiger partial charge in [0, 0.05) is 6.42 Å². The lowest BCUT2D eigenvalue weighted by molar-refractivity contribution is -0.147. The fraction of sp³-hybridized carbons (Fsp3) is 0.800. The summed E-state index contributed by atoms with van der Waals surface area (Å²) < 4.78 is 0. The number of aliphatic hydroxyl groups is 1. The molecule has 0 rings (SSSR count). The van der Waals surface area contributed by atoms with Gasteiger partial charge >= 0.3 is 0 Å². The molecule has 76 valence electrons. The Morgan fingerprint density at radius 1 is 1.46 bits per heavy atom. The molecular weight excluding hydrogens is 168 g/mol. The Morgan fingerprint density at radius 3 is 2.23 bits per heavy atom. The Balaban J connectivity index is 4.78. The third-order valence-corrected chi connectivity index (χ3v) is 2.56. The van der Waals surface area contributed by atoms with Crippen LogP contribution in [0.15, 0.2) is 0 Å². The smallest absolute Gasteiger partial charge is 0.164 e. The van der Waals surface area contributed by atoms with E-state index in [9.17, 15) is 14.7 Å². The van der Waals surface area contributed by atoms with Crippen molar-refractivity contribution in [2.45, 2.75) is 45.6 Å². The van der Waals surface area contributed by atoms with Gasteiger partial charge in [-0.15, -0.1) is 0 Å². The Hall–Kier alpha value is -0.700. The molecule has 0 aliphatic rings. The number of rotatable bonds is 6. The number of aldehydes is 1. The Labute approximate surface area is 79.1 Å². The highest BCUT2D eigenvalue weighted by molar-refractivity contribution is 5.89. The van der Waals surface area contributed by atoms with Gasteiger partial charge in [-0.1, -0.05) is 20.8 Å². The average Bonchev–Trinajstić information content (AvgIpc) is 2.17. The minimum absolute atomic E-state index is 0.242. The molecule has 0 saturated heterocycles. The van der Waals surface area contributed by atoms with Crippen molar-refractivity contribution in [3.05, 3.63) is 0 Å². The van der Waals surface area contributed by atoms with Gasteiger partial charge in [0.1, 0.15) is 11.9 Å². The van der Waals surface area contributed by atoms with Crippen LogP contribution in [0, 0.1) is 5.92 Å². The first-order valence-corrected chi connectivity index (χ1v) is 4.77. The normalized spacial score (nSPS) is 17.5. The number of hydrogen-bond donors (Lipinski definition) is 1. The van der Waals surface area contributed by atoms with E-state index in [1.165, 1.54) is 0 Å². The van der Waals surface area contributed by atoms with Crippen molar-refractivity contribution in [1.82, 2.24) is 0 Å². The molecule has 0 aromatic heterocycles. The minimum atomic E-state index is -1.44. The molecule has 13 heavy (non-hydrogen) atoms. The summed E-state index contributed by atoms with van der Waals surface area (Å²) in [4.78, 5) is 22.1. The fourth-order valence-corrected chi connectivity index (χ4v) is 1.52. The molecule has 0 aromatic rings. The van der Waals surface area contributed by atoms with Gasteiger partial charge < -0.3 is 9.90 Å². The third-order valence-electron chi connectivity index (χ3n) is 2.56. The quantitative estimate of drug-likeness (QED) is 0.637. The Morgan fingerprint density at radius 2 is 2.00 bits per heavy atom. The van der Waals surface area contributed by atoms with E-state index in [4.69, 9.17) is 0 Å². The van der Waals surface area contributed by atoms with Crippen LogP contribution in [0.3, 0.4) is 0 Å². The molecule has 0 radical (unpaired) electrons. The Bertz CT molecular complexity index is 189. The molecule has 0 aliphatic carbocycles. The van der Waals surface area contributed by atoms with E-state index < -0.39 is 11.5 Å². The van der Waals surface area contributed by atoms with Crippen molar-refractivity contribution < 1.29 is 14.7 Å². The van der Waals surface area contributed by atoms with E-state index in [-0.39, 0.29) is 12.2 Å². The van der Waals surface area contributed by atoms with E-state index in [0.717, 1.165) is 0 Å². The molecule has 0 fully saturated rings. The molecule has 0 bridgehead atoms. The first-order valence-electron chi connectivity index (χ1n) is 4.77. The molecule has 1 N–H and O–H groups in total. The van der Waals surface area contributed by atoms with Crippen molar-refractivity contribution in [2.75, 3.05) is 0 Å². The van der Waals surface area contributed by atoms with Crippen LogP contribution < -0.4 is 0 Å². The first-order chi connectivity index (χ1) is 6.06. The topological polar surface area (TPSA) is 54.4 Å². The summed E-state index contributed by atoms with van der Waals surface area (Å²) in [6, 6.07) is 0. The summed E-state index contributed by atoms with van der Waals surface area (Å²) in [5.41, 5.74) is -1.44. The molecule has 0 amide bonds. The largest absolute Gasteiger partial charge is 0.381 e. The second kappa shape index (κ2) is 5.12. The van der Waals surface area contributed by atoms with Gasteiger partial charge in [0.25, 0.3) is 0 Å². The van der Waals surface area contributed by atoms with Gasteiger partial charge in [0.15, 0.2) is 5.78 Å². The molecule has 0 heterocycles. The molecule has 0 saturated carbocycles. The van der Waals surface area contributed by atoms with Gasteiger partial charge in [-0.3, -0.25) is 4.79 Å². The summed E-state index contributed by atoms with van der Waals surface area (Å²) in [7, 11) is 0. The zero-order valence-electron chi connectivity index (χ0n) is 8.54. The predicted molar refractivity (Wildman–Crippen MR) is 50.4 cm³/mol. The van der Waals surface area contributed by atoms with Crippen molar-refractivity contribution in [1.29, 1.82) is 0 Å². The summed E-state index contributed by atoms with van der Waals surface area (Å²) in [6.07, 6.45) is 1.75. The average molecular weight is 186 g/mol. The maximum absolute atomic E-state index is 11.4. The van der Waals surface area contributed by atoms with Crippen LogP contribution in [0.1, 0.15) is 40.0 Å². The fourth-order valence-electron chi connectivity index (χ4n) is 1.52. The number of carbonyl (C=O) groups is 2. The zero-order chi connectivity index (χ0) is 10.5. The van der Waals surface area contributed by atoms with E-state index in [1.807, 2.05) is 0 Å². The van der Waals surface area contributed by atoms with Crippen LogP contribution in [0.2, 0.25) is 0 Å². The van der Waals surface area contributed by atoms with Crippen LogP contribution in [-0.2, 0) is 9.59 Å². The summed E-state index contributed by atoms with van der Waals surface area (Å²) in [6.45, 7) is 5.21. The number of ketones is 1. The third kappa shape index (κ3) is 2.37. The van der Waals surface area contributed by atoms with Crippen LogP contribution in [0.25, 0.3) is 0 Å². The highest BCUT2D eigenvalue weighted by atomic mass is 16.3. The van der Waals surface area contributed by atoms with Crippen LogP contribution in [-0.4, -0.2) is 22.8 Å². The Kier molecular flexibility index (Phi) is 4.85. The molecular formula is C10H18O3. The molecule has 3 nitrogen and oxygen atoms in total. The summed E-state index contributed by atoms with van der Waals surface area (Å²) in [5, 5.41) is 9.97. The SMILES string of the molecule is CCC(=O)[C@@](O)(CC)[C@H](C=O)CC. The van der Waals surface area contributed by atoms with E-state index in [1.54, 1.807) is 20.8 Å². The van der Waals surface area contributed by atoms with Crippen molar-refractivity contribution in [2.24, 2.45) is 5.92 Å². The predicted octanol–water partition coefficient (Wildman–Crippen LogP) is 1.33. The maximum Gasteiger partial charge on any atom is 0.164 e. The van der Waals surface area contributed by atoms with Crippen LogP contribution in [0.5, 0.6) is 0 Å². The molecule has 3 heteroatoms. The van der Waals surface area contributed by atoms with Crippen molar-refractivity contribution in [3.63, 3.8) is 0 Å². The number of Topliss-reactive ketones (excluding diaryl/α,β-unsaturated/α-hetero) is 1.